The number of amides is 1. The van der Waals surface area contributed by atoms with E-state index in [1.807, 2.05) is 18.2 Å². The van der Waals surface area contributed by atoms with Gasteiger partial charge in [0, 0.05) is 0 Å². The van der Waals surface area contributed by atoms with E-state index in [0.29, 0.717) is 18.2 Å². The number of hydrogen-bond acceptors (Lipinski definition) is 4. The summed E-state index contributed by atoms with van der Waals surface area (Å²) in [5.41, 5.74) is 4.22. The Kier molecular flexibility index (Phi) is 4.90. The van der Waals surface area contributed by atoms with Gasteiger partial charge in [0.15, 0.2) is 0 Å². The molecule has 1 heterocycles. The molecular weight excluding hydrogens is 266 g/mol. The van der Waals surface area contributed by atoms with E-state index in [-0.39, 0.29) is 5.69 Å². The minimum atomic E-state index is -0.418. The van der Waals surface area contributed by atoms with Gasteiger partial charge in [-0.05, 0) is 35.7 Å². The Bertz CT molecular complexity index is 626. The van der Waals surface area contributed by atoms with Crippen LogP contribution in [0.25, 0.3) is 0 Å². The average Bonchev–Trinajstić information content (AvgIpc) is 2.52. The predicted molar refractivity (Wildman–Crippen MR) is 80.8 cm³/mol. The summed E-state index contributed by atoms with van der Waals surface area (Å²) in [6.45, 7) is 4.57. The van der Waals surface area contributed by atoms with E-state index >= 15 is 0 Å². The molecule has 0 saturated heterocycles. The fraction of sp³-hybridized carbons (Fsp3) is 0.250. The van der Waals surface area contributed by atoms with Crippen molar-refractivity contribution in [1.29, 1.82) is 0 Å². The van der Waals surface area contributed by atoms with Gasteiger partial charge in [-0.15, -0.1) is 0 Å². The van der Waals surface area contributed by atoms with Crippen LogP contribution in [0.2, 0.25) is 0 Å². The second kappa shape index (κ2) is 6.85. The van der Waals surface area contributed by atoms with E-state index in [1.54, 1.807) is 18.2 Å². The van der Waals surface area contributed by atoms with Gasteiger partial charge in [-0.25, -0.2) is 10.8 Å². The Morgan fingerprint density at radius 2 is 2.05 bits per heavy atom. The number of benzene rings is 1. The summed E-state index contributed by atoms with van der Waals surface area (Å²) >= 11 is 0. The SMILES string of the molecule is CC(C)c1cccc(OCc2cccc(C(=O)NN)n2)c1. The molecule has 0 aliphatic heterocycles. The monoisotopic (exact) mass is 285 g/mol. The molecule has 0 spiro atoms. The van der Waals surface area contributed by atoms with Crippen LogP contribution in [0.5, 0.6) is 5.75 Å². The van der Waals surface area contributed by atoms with Crippen molar-refractivity contribution in [3.63, 3.8) is 0 Å². The first-order valence-electron chi connectivity index (χ1n) is 6.80. The highest BCUT2D eigenvalue weighted by Crippen LogP contribution is 2.20. The Labute approximate surface area is 124 Å². The zero-order valence-electron chi connectivity index (χ0n) is 12.2. The fourth-order valence-corrected chi connectivity index (χ4v) is 1.88. The van der Waals surface area contributed by atoms with Crippen LogP contribution in [0.4, 0.5) is 0 Å². The van der Waals surface area contributed by atoms with Crippen molar-refractivity contribution in [3.05, 3.63) is 59.4 Å². The minimum Gasteiger partial charge on any atom is -0.487 e. The Hall–Kier alpha value is -2.40. The number of aromatic nitrogens is 1. The Balaban J connectivity index is 2.06. The standard InChI is InChI=1S/C16H19N3O2/c1-11(2)12-5-3-7-14(9-12)21-10-13-6-4-8-15(18-13)16(20)19-17/h3-9,11H,10,17H2,1-2H3,(H,19,20). The van der Waals surface area contributed by atoms with E-state index in [0.717, 1.165) is 5.75 Å². The third-order valence-electron chi connectivity index (χ3n) is 3.08. The maximum atomic E-state index is 11.4. The number of nitrogens with one attached hydrogen (secondary N) is 1. The third kappa shape index (κ3) is 4.03. The Morgan fingerprint density at radius 1 is 1.29 bits per heavy atom. The second-order valence-corrected chi connectivity index (χ2v) is 5.00. The number of rotatable bonds is 5. The topological polar surface area (TPSA) is 77.2 Å². The van der Waals surface area contributed by atoms with Crippen molar-refractivity contribution in [2.24, 2.45) is 5.84 Å². The average molecular weight is 285 g/mol. The van der Waals surface area contributed by atoms with Crippen molar-refractivity contribution in [3.8, 4) is 5.75 Å². The van der Waals surface area contributed by atoms with Gasteiger partial charge in [0.2, 0.25) is 0 Å². The van der Waals surface area contributed by atoms with Crippen molar-refractivity contribution >= 4 is 5.91 Å². The van der Waals surface area contributed by atoms with Gasteiger partial charge in [-0.3, -0.25) is 10.2 Å². The van der Waals surface area contributed by atoms with Crippen LogP contribution in [-0.2, 0) is 6.61 Å². The molecule has 1 amide bonds. The van der Waals surface area contributed by atoms with Crippen molar-refractivity contribution in [2.45, 2.75) is 26.4 Å². The number of carbonyl (C=O) groups excluding carboxylic acids is 1. The summed E-state index contributed by atoms with van der Waals surface area (Å²) in [5.74, 6) is 5.91. The first kappa shape index (κ1) is 15.0. The molecule has 0 aliphatic rings. The smallest absolute Gasteiger partial charge is 0.283 e. The zero-order chi connectivity index (χ0) is 15.2. The molecule has 2 rings (SSSR count). The molecule has 0 atom stereocenters. The van der Waals surface area contributed by atoms with Crippen LogP contribution < -0.4 is 16.0 Å². The number of nitrogens with zero attached hydrogens (tertiary/aromatic N) is 1. The summed E-state index contributed by atoms with van der Waals surface area (Å²) in [5, 5.41) is 0. The number of hydrazine groups is 1. The lowest BCUT2D eigenvalue weighted by atomic mass is 10.0. The highest BCUT2D eigenvalue weighted by atomic mass is 16.5. The fourth-order valence-electron chi connectivity index (χ4n) is 1.88. The molecule has 3 N–H and O–H groups in total. The highest BCUT2D eigenvalue weighted by molar-refractivity contribution is 5.91. The second-order valence-electron chi connectivity index (χ2n) is 5.00. The molecular formula is C16H19N3O2. The number of ether oxygens (including phenoxy) is 1. The van der Waals surface area contributed by atoms with Crippen molar-refractivity contribution in [1.82, 2.24) is 10.4 Å². The molecule has 0 bridgehead atoms. The highest BCUT2D eigenvalue weighted by Gasteiger charge is 2.07. The maximum Gasteiger partial charge on any atom is 0.283 e. The summed E-state index contributed by atoms with van der Waals surface area (Å²) in [6.07, 6.45) is 0. The van der Waals surface area contributed by atoms with E-state index in [1.165, 1.54) is 5.56 Å². The predicted octanol–water partition coefficient (Wildman–Crippen LogP) is 2.39. The van der Waals surface area contributed by atoms with Gasteiger partial charge in [0.1, 0.15) is 18.1 Å². The molecule has 0 aliphatic carbocycles. The number of pyridine rings is 1. The van der Waals surface area contributed by atoms with Gasteiger partial charge in [0.05, 0.1) is 5.69 Å². The Morgan fingerprint density at radius 3 is 2.76 bits per heavy atom. The molecule has 5 heteroatoms. The largest absolute Gasteiger partial charge is 0.487 e. The maximum absolute atomic E-state index is 11.4. The zero-order valence-corrected chi connectivity index (χ0v) is 12.2. The van der Waals surface area contributed by atoms with Crippen molar-refractivity contribution in [2.75, 3.05) is 0 Å². The van der Waals surface area contributed by atoms with Gasteiger partial charge in [-0.1, -0.05) is 32.0 Å². The lowest BCUT2D eigenvalue weighted by Crippen LogP contribution is -2.30. The number of hydrogen-bond donors (Lipinski definition) is 2. The lowest BCUT2D eigenvalue weighted by molar-refractivity contribution is 0.0948. The summed E-state index contributed by atoms with van der Waals surface area (Å²) in [4.78, 5) is 15.6. The van der Waals surface area contributed by atoms with Crippen LogP contribution in [-0.4, -0.2) is 10.9 Å². The minimum absolute atomic E-state index is 0.273. The molecule has 2 aromatic rings. The summed E-state index contributed by atoms with van der Waals surface area (Å²) in [7, 11) is 0. The molecule has 0 unspecified atom stereocenters. The molecule has 0 saturated carbocycles. The first-order valence-corrected chi connectivity index (χ1v) is 6.80. The van der Waals surface area contributed by atoms with Crippen LogP contribution in [0, 0.1) is 0 Å². The molecule has 1 aromatic carbocycles. The van der Waals surface area contributed by atoms with Gasteiger partial charge >= 0.3 is 0 Å². The first-order chi connectivity index (χ1) is 10.1. The van der Waals surface area contributed by atoms with Gasteiger partial charge < -0.3 is 4.74 Å². The van der Waals surface area contributed by atoms with Crippen LogP contribution >= 0.6 is 0 Å². The lowest BCUT2D eigenvalue weighted by Gasteiger charge is -2.10. The van der Waals surface area contributed by atoms with E-state index < -0.39 is 5.91 Å². The molecule has 0 fully saturated rings. The van der Waals surface area contributed by atoms with E-state index in [9.17, 15) is 4.79 Å². The van der Waals surface area contributed by atoms with Crippen LogP contribution in [0.1, 0.15) is 41.5 Å². The van der Waals surface area contributed by atoms with E-state index in [2.05, 4.69) is 30.3 Å². The van der Waals surface area contributed by atoms with Crippen molar-refractivity contribution < 1.29 is 9.53 Å². The normalized spacial score (nSPS) is 10.5. The number of nitrogens with two attached hydrogens (primary N) is 1. The molecule has 110 valence electrons. The number of carbonyl (C=O) groups is 1. The summed E-state index contributed by atoms with van der Waals surface area (Å²) < 4.78 is 5.73. The quantitative estimate of drug-likeness (QED) is 0.502. The third-order valence-corrected chi connectivity index (χ3v) is 3.08. The van der Waals surface area contributed by atoms with Gasteiger partial charge in [0.25, 0.3) is 5.91 Å². The molecule has 21 heavy (non-hydrogen) atoms. The summed E-state index contributed by atoms with van der Waals surface area (Å²) in [6, 6.07) is 13.1. The molecule has 0 radical (unpaired) electrons. The number of nitrogen functional groups attached to an aromatic ring is 1. The van der Waals surface area contributed by atoms with Gasteiger partial charge in [-0.2, -0.15) is 0 Å². The molecule has 1 aromatic heterocycles. The molecule has 5 nitrogen and oxygen atoms in total. The van der Waals surface area contributed by atoms with Crippen LogP contribution in [0.15, 0.2) is 42.5 Å². The van der Waals surface area contributed by atoms with E-state index in [4.69, 9.17) is 10.6 Å². The van der Waals surface area contributed by atoms with Crippen LogP contribution in [0.3, 0.4) is 0 Å².